The lowest BCUT2D eigenvalue weighted by molar-refractivity contribution is 0.118. The molecule has 0 radical (unpaired) electrons. The topological polar surface area (TPSA) is 67.8 Å². The van der Waals surface area contributed by atoms with E-state index in [9.17, 15) is 4.79 Å². The number of benzene rings is 1. The van der Waals surface area contributed by atoms with E-state index in [1.54, 1.807) is 0 Å². The van der Waals surface area contributed by atoms with Gasteiger partial charge in [-0.15, -0.1) is 0 Å². The van der Waals surface area contributed by atoms with Gasteiger partial charge in [0.2, 0.25) is 0 Å². The Morgan fingerprint density at radius 3 is 2.69 bits per heavy atom. The Morgan fingerprint density at radius 1 is 1.25 bits per heavy atom. The SMILES string of the molecule is O=C(NCCOc1ccccc1)OCCO. The van der Waals surface area contributed by atoms with Crippen molar-refractivity contribution in [2.75, 3.05) is 26.4 Å². The molecule has 0 saturated carbocycles. The zero-order valence-corrected chi connectivity index (χ0v) is 8.89. The maximum atomic E-state index is 10.9. The van der Waals surface area contributed by atoms with Gasteiger partial charge in [-0.05, 0) is 12.1 Å². The summed E-state index contributed by atoms with van der Waals surface area (Å²) in [6.45, 7) is 0.566. The average molecular weight is 225 g/mol. The number of aliphatic hydroxyl groups is 1. The minimum Gasteiger partial charge on any atom is -0.492 e. The van der Waals surface area contributed by atoms with Crippen LogP contribution < -0.4 is 10.1 Å². The molecule has 5 heteroatoms. The first kappa shape index (κ1) is 12.3. The van der Waals surface area contributed by atoms with Crippen LogP contribution in [0.3, 0.4) is 0 Å². The van der Waals surface area contributed by atoms with Crippen molar-refractivity contribution in [3.05, 3.63) is 30.3 Å². The predicted molar refractivity (Wildman–Crippen MR) is 58.4 cm³/mol. The molecule has 0 bridgehead atoms. The van der Waals surface area contributed by atoms with Crippen LogP contribution in [0.4, 0.5) is 4.79 Å². The van der Waals surface area contributed by atoms with E-state index in [1.807, 2.05) is 30.3 Å². The fourth-order valence-electron chi connectivity index (χ4n) is 1.03. The van der Waals surface area contributed by atoms with Gasteiger partial charge < -0.3 is 19.9 Å². The number of alkyl carbamates (subject to hydrolysis) is 1. The molecule has 1 aromatic carbocycles. The Hall–Kier alpha value is -1.75. The molecule has 1 rings (SSSR count). The number of rotatable bonds is 6. The fourth-order valence-corrected chi connectivity index (χ4v) is 1.03. The standard InChI is InChI=1S/C11H15NO4/c13-7-9-16-11(14)12-6-8-15-10-4-2-1-3-5-10/h1-5,13H,6-9H2,(H,12,14). The largest absolute Gasteiger partial charge is 0.492 e. The number of para-hydroxylation sites is 1. The molecule has 0 aliphatic carbocycles. The van der Waals surface area contributed by atoms with Gasteiger partial charge in [-0.25, -0.2) is 4.79 Å². The van der Waals surface area contributed by atoms with Crippen LogP contribution in [0.5, 0.6) is 5.75 Å². The first-order valence-electron chi connectivity index (χ1n) is 5.02. The molecule has 88 valence electrons. The van der Waals surface area contributed by atoms with Gasteiger partial charge in [-0.1, -0.05) is 18.2 Å². The lowest BCUT2D eigenvalue weighted by atomic mass is 10.3. The smallest absolute Gasteiger partial charge is 0.407 e. The van der Waals surface area contributed by atoms with E-state index < -0.39 is 6.09 Å². The van der Waals surface area contributed by atoms with Crippen molar-refractivity contribution in [1.29, 1.82) is 0 Å². The highest BCUT2D eigenvalue weighted by atomic mass is 16.6. The molecule has 16 heavy (non-hydrogen) atoms. The van der Waals surface area contributed by atoms with Gasteiger partial charge in [0, 0.05) is 0 Å². The van der Waals surface area contributed by atoms with Crippen molar-refractivity contribution >= 4 is 6.09 Å². The normalized spacial score (nSPS) is 9.56. The molecule has 0 saturated heterocycles. The van der Waals surface area contributed by atoms with E-state index in [1.165, 1.54) is 0 Å². The summed E-state index contributed by atoms with van der Waals surface area (Å²) < 4.78 is 9.93. The number of hydrogen-bond acceptors (Lipinski definition) is 4. The van der Waals surface area contributed by atoms with Crippen molar-refractivity contribution in [3.63, 3.8) is 0 Å². The first-order valence-corrected chi connectivity index (χ1v) is 5.02. The van der Waals surface area contributed by atoms with Crippen molar-refractivity contribution < 1.29 is 19.4 Å². The van der Waals surface area contributed by atoms with Gasteiger partial charge in [0.25, 0.3) is 0 Å². The molecule has 0 spiro atoms. The molecular formula is C11H15NO4. The van der Waals surface area contributed by atoms with Crippen LogP contribution >= 0.6 is 0 Å². The van der Waals surface area contributed by atoms with Crippen LogP contribution in [0, 0.1) is 0 Å². The molecule has 0 aromatic heterocycles. The van der Waals surface area contributed by atoms with Crippen LogP contribution in [-0.4, -0.2) is 37.6 Å². The van der Waals surface area contributed by atoms with Gasteiger partial charge in [0.1, 0.15) is 19.0 Å². The van der Waals surface area contributed by atoms with Crippen molar-refractivity contribution in [2.24, 2.45) is 0 Å². The average Bonchev–Trinajstić information content (AvgIpc) is 2.33. The summed E-state index contributed by atoms with van der Waals surface area (Å²) in [7, 11) is 0. The molecule has 0 aliphatic heterocycles. The quantitative estimate of drug-likeness (QED) is 0.702. The predicted octanol–water partition coefficient (Wildman–Crippen LogP) is 0.784. The number of carbonyl (C=O) groups is 1. The van der Waals surface area contributed by atoms with Gasteiger partial charge >= 0.3 is 6.09 Å². The van der Waals surface area contributed by atoms with Crippen LogP contribution in [0.25, 0.3) is 0 Å². The number of hydrogen-bond donors (Lipinski definition) is 2. The summed E-state index contributed by atoms with van der Waals surface area (Å²) >= 11 is 0. The van der Waals surface area contributed by atoms with Crippen molar-refractivity contribution in [2.45, 2.75) is 0 Å². The fraction of sp³-hybridized carbons (Fsp3) is 0.364. The van der Waals surface area contributed by atoms with Crippen LogP contribution in [0.15, 0.2) is 30.3 Å². The maximum Gasteiger partial charge on any atom is 0.407 e. The summed E-state index contributed by atoms with van der Waals surface area (Å²) in [5.74, 6) is 0.757. The van der Waals surface area contributed by atoms with E-state index in [0.29, 0.717) is 13.2 Å². The summed E-state index contributed by atoms with van der Waals surface area (Å²) in [5, 5.41) is 10.9. The second-order valence-corrected chi connectivity index (χ2v) is 2.95. The molecule has 0 heterocycles. The Kier molecular flexibility index (Phi) is 5.80. The van der Waals surface area contributed by atoms with E-state index in [4.69, 9.17) is 9.84 Å². The van der Waals surface area contributed by atoms with E-state index in [2.05, 4.69) is 10.1 Å². The minimum atomic E-state index is -0.550. The second-order valence-electron chi connectivity index (χ2n) is 2.95. The second kappa shape index (κ2) is 7.53. The third-order valence-electron chi connectivity index (χ3n) is 1.71. The molecule has 1 amide bonds. The number of amides is 1. The zero-order valence-electron chi connectivity index (χ0n) is 8.89. The molecule has 0 aliphatic rings. The van der Waals surface area contributed by atoms with Crippen molar-refractivity contribution in [3.8, 4) is 5.75 Å². The summed E-state index contributed by atoms with van der Waals surface area (Å²) in [6.07, 6.45) is -0.550. The minimum absolute atomic E-state index is 0.00533. The first-order chi connectivity index (χ1) is 7.83. The molecular weight excluding hydrogens is 210 g/mol. The van der Waals surface area contributed by atoms with E-state index >= 15 is 0 Å². The lowest BCUT2D eigenvalue weighted by Gasteiger charge is -2.07. The Balaban J connectivity index is 2.06. The Labute approximate surface area is 94.0 Å². The van der Waals surface area contributed by atoms with Crippen molar-refractivity contribution in [1.82, 2.24) is 5.32 Å². The summed E-state index contributed by atoms with van der Waals surface area (Å²) in [5.41, 5.74) is 0. The molecule has 2 N–H and O–H groups in total. The van der Waals surface area contributed by atoms with Gasteiger partial charge in [0.05, 0.1) is 13.2 Å². The maximum absolute atomic E-state index is 10.9. The van der Waals surface area contributed by atoms with E-state index in [-0.39, 0.29) is 13.2 Å². The highest BCUT2D eigenvalue weighted by Gasteiger charge is 1.99. The zero-order chi connectivity index (χ0) is 11.6. The van der Waals surface area contributed by atoms with Crippen LogP contribution in [0.2, 0.25) is 0 Å². The summed E-state index contributed by atoms with van der Waals surface area (Å²) in [6, 6.07) is 9.32. The number of aliphatic hydroxyl groups excluding tert-OH is 1. The molecule has 0 atom stereocenters. The van der Waals surface area contributed by atoms with Gasteiger partial charge in [-0.3, -0.25) is 0 Å². The monoisotopic (exact) mass is 225 g/mol. The number of nitrogens with one attached hydrogen (secondary N) is 1. The molecule has 1 aromatic rings. The third-order valence-corrected chi connectivity index (χ3v) is 1.71. The molecule has 0 fully saturated rings. The third kappa shape index (κ3) is 5.21. The Morgan fingerprint density at radius 2 is 2.00 bits per heavy atom. The van der Waals surface area contributed by atoms with Crippen LogP contribution in [-0.2, 0) is 4.74 Å². The van der Waals surface area contributed by atoms with E-state index in [0.717, 1.165) is 5.75 Å². The Bertz CT molecular complexity index is 302. The lowest BCUT2D eigenvalue weighted by Crippen LogP contribution is -2.29. The van der Waals surface area contributed by atoms with Gasteiger partial charge in [0.15, 0.2) is 0 Å². The summed E-state index contributed by atoms with van der Waals surface area (Å²) in [4.78, 5) is 10.9. The highest BCUT2D eigenvalue weighted by Crippen LogP contribution is 2.07. The van der Waals surface area contributed by atoms with Gasteiger partial charge in [-0.2, -0.15) is 0 Å². The molecule has 0 unspecified atom stereocenters. The number of carbonyl (C=O) groups excluding carboxylic acids is 1. The highest BCUT2D eigenvalue weighted by molar-refractivity contribution is 5.67. The molecule has 5 nitrogen and oxygen atoms in total. The number of ether oxygens (including phenoxy) is 2. The van der Waals surface area contributed by atoms with Crippen LogP contribution in [0.1, 0.15) is 0 Å².